The second kappa shape index (κ2) is 11.1. The number of carbonyl (C=O) groups excluding carboxylic acids is 1. The van der Waals surface area contributed by atoms with E-state index >= 15 is 0 Å². The molecule has 0 heterocycles. The highest BCUT2D eigenvalue weighted by atomic mass is 79.9. The lowest BCUT2D eigenvalue weighted by atomic mass is 9.97. The highest BCUT2D eigenvalue weighted by Gasteiger charge is 2.21. The van der Waals surface area contributed by atoms with Crippen LogP contribution in [0.2, 0.25) is 0 Å². The summed E-state index contributed by atoms with van der Waals surface area (Å²) in [5.41, 5.74) is 0. The van der Waals surface area contributed by atoms with Crippen molar-refractivity contribution in [1.82, 2.24) is 4.90 Å². The summed E-state index contributed by atoms with van der Waals surface area (Å²) in [7, 11) is 0. The lowest BCUT2D eigenvalue weighted by Gasteiger charge is -2.26. The summed E-state index contributed by atoms with van der Waals surface area (Å²) in [5, 5.41) is 0.882. The van der Waals surface area contributed by atoms with Gasteiger partial charge in [0.15, 0.2) is 0 Å². The summed E-state index contributed by atoms with van der Waals surface area (Å²) in [4.78, 5) is 14.4. The van der Waals surface area contributed by atoms with E-state index in [1.807, 2.05) is 4.90 Å². The van der Waals surface area contributed by atoms with E-state index in [1.54, 1.807) is 0 Å². The van der Waals surface area contributed by atoms with Gasteiger partial charge in [-0.3, -0.25) is 4.79 Å². The normalized spacial score (nSPS) is 12.5. The van der Waals surface area contributed by atoms with E-state index in [9.17, 15) is 4.79 Å². The predicted molar refractivity (Wildman–Crippen MR) is 78.6 cm³/mol. The molecule has 0 fully saturated rings. The van der Waals surface area contributed by atoms with Crippen molar-refractivity contribution in [2.75, 3.05) is 18.4 Å². The quantitative estimate of drug-likeness (QED) is 0.553. The smallest absolute Gasteiger partial charge is 0.225 e. The maximum absolute atomic E-state index is 12.4. The number of hydrogen-bond donors (Lipinski definition) is 0. The molecule has 0 aliphatic rings. The largest absolute Gasteiger partial charge is 0.342 e. The fourth-order valence-electron chi connectivity index (χ4n) is 1.99. The minimum absolute atomic E-state index is 0.242. The zero-order valence-corrected chi connectivity index (χ0v) is 13.3. The third-order valence-corrected chi connectivity index (χ3v) is 3.55. The van der Waals surface area contributed by atoms with Gasteiger partial charge < -0.3 is 4.90 Å². The lowest BCUT2D eigenvalue weighted by molar-refractivity contribution is -0.135. The molecule has 0 aromatic carbocycles. The molecule has 0 aliphatic carbocycles. The number of rotatable bonds is 10. The number of halogens is 1. The Balaban J connectivity index is 4.32. The molecule has 2 nitrogen and oxygen atoms in total. The van der Waals surface area contributed by atoms with Gasteiger partial charge in [-0.15, -0.1) is 0 Å². The van der Waals surface area contributed by atoms with Crippen LogP contribution >= 0.6 is 15.9 Å². The molecule has 0 bridgehead atoms. The van der Waals surface area contributed by atoms with Gasteiger partial charge in [0.05, 0.1) is 0 Å². The fraction of sp³-hybridized carbons (Fsp3) is 0.929. The van der Waals surface area contributed by atoms with Crippen LogP contribution in [0, 0.1) is 5.92 Å². The maximum Gasteiger partial charge on any atom is 0.225 e. The van der Waals surface area contributed by atoms with Crippen molar-refractivity contribution in [3.63, 3.8) is 0 Å². The standard InChI is InChI=1S/C14H28BrNO/c1-4-7-9-13(6-3)14(17)16(12-10-15)11-8-5-2/h13H,4-12H2,1-3H3. The molecule has 0 aliphatic heterocycles. The molecule has 0 spiro atoms. The van der Waals surface area contributed by atoms with Crippen molar-refractivity contribution in [3.05, 3.63) is 0 Å². The van der Waals surface area contributed by atoms with Gasteiger partial charge in [0.25, 0.3) is 0 Å². The lowest BCUT2D eigenvalue weighted by Crippen LogP contribution is -2.38. The summed E-state index contributed by atoms with van der Waals surface area (Å²) < 4.78 is 0. The first kappa shape index (κ1) is 16.9. The first-order valence-electron chi connectivity index (χ1n) is 7.05. The van der Waals surface area contributed by atoms with E-state index < -0.39 is 0 Å². The molecule has 0 rings (SSSR count). The molecular weight excluding hydrogens is 278 g/mol. The Morgan fingerprint density at radius 1 is 1.12 bits per heavy atom. The molecular formula is C14H28BrNO. The average Bonchev–Trinajstić information content (AvgIpc) is 2.35. The van der Waals surface area contributed by atoms with Crippen LogP contribution in [0.4, 0.5) is 0 Å². The average molecular weight is 306 g/mol. The van der Waals surface area contributed by atoms with Crippen molar-refractivity contribution >= 4 is 21.8 Å². The van der Waals surface area contributed by atoms with Crippen molar-refractivity contribution in [3.8, 4) is 0 Å². The third-order valence-electron chi connectivity index (χ3n) is 3.20. The molecule has 1 unspecified atom stereocenters. The monoisotopic (exact) mass is 305 g/mol. The molecule has 0 aromatic heterocycles. The second-order valence-electron chi connectivity index (χ2n) is 4.62. The minimum Gasteiger partial charge on any atom is -0.342 e. The van der Waals surface area contributed by atoms with Gasteiger partial charge in [0.1, 0.15) is 0 Å². The predicted octanol–water partition coefficient (Wildman–Crippen LogP) is 4.23. The van der Waals surface area contributed by atoms with Crippen molar-refractivity contribution in [2.24, 2.45) is 5.92 Å². The Kier molecular flexibility index (Phi) is 11.0. The van der Waals surface area contributed by atoms with Crippen molar-refractivity contribution in [1.29, 1.82) is 0 Å². The van der Waals surface area contributed by atoms with Gasteiger partial charge in [0.2, 0.25) is 5.91 Å². The number of nitrogens with zero attached hydrogens (tertiary/aromatic N) is 1. The Morgan fingerprint density at radius 3 is 2.24 bits per heavy atom. The van der Waals surface area contributed by atoms with Crippen LogP contribution < -0.4 is 0 Å². The van der Waals surface area contributed by atoms with Crippen LogP contribution in [-0.4, -0.2) is 29.2 Å². The highest BCUT2D eigenvalue weighted by molar-refractivity contribution is 9.09. The SMILES string of the molecule is CCCCC(CC)C(=O)N(CCBr)CCCC. The summed E-state index contributed by atoms with van der Waals surface area (Å²) in [6, 6.07) is 0. The zero-order valence-electron chi connectivity index (χ0n) is 11.7. The molecule has 17 heavy (non-hydrogen) atoms. The molecule has 0 saturated heterocycles. The van der Waals surface area contributed by atoms with Gasteiger partial charge >= 0.3 is 0 Å². The summed E-state index contributed by atoms with van der Waals surface area (Å²) >= 11 is 3.44. The van der Waals surface area contributed by atoms with Crippen LogP contribution in [0.1, 0.15) is 59.3 Å². The van der Waals surface area contributed by atoms with E-state index in [1.165, 1.54) is 12.8 Å². The third kappa shape index (κ3) is 7.07. The molecule has 0 aromatic rings. The Labute approximate surface area is 115 Å². The van der Waals surface area contributed by atoms with Crippen LogP contribution in [-0.2, 0) is 4.79 Å². The Bertz CT molecular complexity index is 197. The topological polar surface area (TPSA) is 20.3 Å². The van der Waals surface area contributed by atoms with Crippen LogP contribution in [0.25, 0.3) is 0 Å². The van der Waals surface area contributed by atoms with Gasteiger partial charge in [-0.1, -0.05) is 56.0 Å². The first-order chi connectivity index (χ1) is 8.21. The number of unbranched alkanes of at least 4 members (excludes halogenated alkanes) is 2. The summed E-state index contributed by atoms with van der Waals surface area (Å²) in [6.07, 6.45) is 6.64. The minimum atomic E-state index is 0.242. The van der Waals surface area contributed by atoms with E-state index in [-0.39, 0.29) is 5.92 Å². The van der Waals surface area contributed by atoms with Gasteiger partial charge in [-0.25, -0.2) is 0 Å². The van der Waals surface area contributed by atoms with Crippen molar-refractivity contribution in [2.45, 2.75) is 59.3 Å². The number of alkyl halides is 1. The molecule has 102 valence electrons. The maximum atomic E-state index is 12.4. The zero-order chi connectivity index (χ0) is 13.1. The van der Waals surface area contributed by atoms with Crippen LogP contribution in [0.15, 0.2) is 0 Å². The Hall–Kier alpha value is -0.0500. The van der Waals surface area contributed by atoms with Gasteiger partial charge in [0, 0.05) is 24.3 Å². The number of hydrogen-bond acceptors (Lipinski definition) is 1. The molecule has 0 N–H and O–H groups in total. The molecule has 1 atom stereocenters. The van der Waals surface area contributed by atoms with Crippen LogP contribution in [0.3, 0.4) is 0 Å². The Morgan fingerprint density at radius 2 is 1.76 bits per heavy atom. The first-order valence-corrected chi connectivity index (χ1v) is 8.18. The van der Waals surface area contributed by atoms with E-state index in [2.05, 4.69) is 36.7 Å². The number of amides is 1. The summed E-state index contributed by atoms with van der Waals surface area (Å²) in [5.74, 6) is 0.611. The molecule has 1 amide bonds. The van der Waals surface area contributed by atoms with Gasteiger partial charge in [-0.2, -0.15) is 0 Å². The second-order valence-corrected chi connectivity index (χ2v) is 5.41. The van der Waals surface area contributed by atoms with Crippen molar-refractivity contribution < 1.29 is 4.79 Å². The van der Waals surface area contributed by atoms with E-state index in [0.717, 1.165) is 44.1 Å². The molecule has 0 saturated carbocycles. The fourth-order valence-corrected chi connectivity index (χ4v) is 2.42. The van der Waals surface area contributed by atoms with E-state index in [4.69, 9.17) is 0 Å². The summed E-state index contributed by atoms with van der Waals surface area (Å²) in [6.45, 7) is 8.26. The highest BCUT2D eigenvalue weighted by Crippen LogP contribution is 2.16. The van der Waals surface area contributed by atoms with Crippen LogP contribution in [0.5, 0.6) is 0 Å². The molecule has 0 radical (unpaired) electrons. The molecule has 3 heteroatoms. The van der Waals surface area contributed by atoms with E-state index in [0.29, 0.717) is 5.91 Å². The number of carbonyl (C=O) groups is 1. The van der Waals surface area contributed by atoms with Gasteiger partial charge in [-0.05, 0) is 19.3 Å².